The van der Waals surface area contributed by atoms with Crippen LogP contribution in [-0.2, 0) is 27.9 Å². The van der Waals surface area contributed by atoms with Crippen LogP contribution in [0.5, 0.6) is 0 Å². The number of nitrogens with two attached hydrogens (primary N) is 1. The van der Waals surface area contributed by atoms with Gasteiger partial charge in [-0.05, 0) is 64.2 Å². The van der Waals surface area contributed by atoms with E-state index in [0.29, 0.717) is 13.0 Å². The molecule has 0 saturated carbocycles. The van der Waals surface area contributed by atoms with Crippen LogP contribution < -0.4 is 5.73 Å². The monoisotopic (exact) mass is 800 g/mol. The molecule has 0 aromatic carbocycles. The number of unbranched alkanes of at least 4 members (excludes halogenated alkanes) is 28. The van der Waals surface area contributed by atoms with E-state index in [1.165, 1.54) is 173 Å². The second-order valence-corrected chi connectivity index (χ2v) is 17.1. The molecule has 326 valence electrons. The lowest BCUT2D eigenvalue weighted by Crippen LogP contribution is -2.28. The number of ether oxygens (including phenoxy) is 2. The summed E-state index contributed by atoms with van der Waals surface area (Å²) < 4.78 is 33.5. The van der Waals surface area contributed by atoms with Gasteiger partial charge in [0.25, 0.3) is 0 Å². The number of phosphoric ester groups is 1. The molecular formula is C46H90NO7P. The van der Waals surface area contributed by atoms with Gasteiger partial charge in [0.05, 0.1) is 19.8 Å². The number of allylic oxidation sites excluding steroid dienone is 4. The molecule has 0 rings (SSSR count). The van der Waals surface area contributed by atoms with Crippen molar-refractivity contribution in [2.75, 3.05) is 33.0 Å². The first-order chi connectivity index (χ1) is 26.9. The highest BCUT2D eigenvalue weighted by atomic mass is 31.2. The number of rotatable bonds is 45. The van der Waals surface area contributed by atoms with Crippen LogP contribution in [0.4, 0.5) is 0 Å². The Balaban J connectivity index is 3.99. The first-order valence-electron chi connectivity index (χ1n) is 23.3. The SMILES string of the molecule is CCCCCCCC/C=C\CCCCCCCCCCOCC(COP(=O)(O)OCCN)OC(=O)CCCCCCCCC/C=C\CCCCCCCCC. The zero-order valence-corrected chi connectivity index (χ0v) is 37.1. The highest BCUT2D eigenvalue weighted by Crippen LogP contribution is 2.43. The molecule has 0 radical (unpaired) electrons. The largest absolute Gasteiger partial charge is 0.472 e. The summed E-state index contributed by atoms with van der Waals surface area (Å²) in [6.07, 6.45) is 49.1. The Kier molecular flexibility index (Phi) is 43.3. The van der Waals surface area contributed by atoms with Gasteiger partial charge in [-0.1, -0.05) is 179 Å². The summed E-state index contributed by atoms with van der Waals surface area (Å²) >= 11 is 0. The van der Waals surface area contributed by atoms with E-state index in [1.807, 2.05) is 0 Å². The molecule has 0 fully saturated rings. The predicted octanol–water partition coefficient (Wildman–Crippen LogP) is 14.0. The van der Waals surface area contributed by atoms with Crippen molar-refractivity contribution in [3.63, 3.8) is 0 Å². The van der Waals surface area contributed by atoms with Gasteiger partial charge in [-0.25, -0.2) is 4.57 Å². The molecule has 9 heteroatoms. The highest BCUT2D eigenvalue weighted by Gasteiger charge is 2.25. The summed E-state index contributed by atoms with van der Waals surface area (Å²) in [4.78, 5) is 22.5. The molecule has 0 aromatic heterocycles. The normalized spacial score (nSPS) is 13.6. The summed E-state index contributed by atoms with van der Waals surface area (Å²) in [7, 11) is -4.28. The molecule has 0 bridgehead atoms. The zero-order chi connectivity index (χ0) is 40.2. The van der Waals surface area contributed by atoms with Gasteiger partial charge in [0.1, 0.15) is 6.10 Å². The smallest absolute Gasteiger partial charge is 0.457 e. The van der Waals surface area contributed by atoms with Crippen LogP contribution in [0.2, 0.25) is 0 Å². The molecule has 2 atom stereocenters. The Bertz CT molecular complexity index is 900. The minimum absolute atomic E-state index is 0.0954. The highest BCUT2D eigenvalue weighted by molar-refractivity contribution is 7.47. The lowest BCUT2D eigenvalue weighted by Gasteiger charge is -2.20. The molecule has 2 unspecified atom stereocenters. The van der Waals surface area contributed by atoms with E-state index in [0.717, 1.165) is 32.1 Å². The maximum absolute atomic E-state index is 12.6. The van der Waals surface area contributed by atoms with Crippen LogP contribution >= 0.6 is 7.82 Å². The molecule has 8 nitrogen and oxygen atoms in total. The van der Waals surface area contributed by atoms with E-state index in [1.54, 1.807) is 0 Å². The fourth-order valence-corrected chi connectivity index (χ4v) is 7.40. The number of hydrogen-bond acceptors (Lipinski definition) is 7. The summed E-state index contributed by atoms with van der Waals surface area (Å²) in [5.41, 5.74) is 5.38. The van der Waals surface area contributed by atoms with Gasteiger partial charge in [-0.3, -0.25) is 13.8 Å². The zero-order valence-electron chi connectivity index (χ0n) is 36.2. The summed E-state index contributed by atoms with van der Waals surface area (Å²) in [6.45, 7) is 4.94. The van der Waals surface area contributed by atoms with Gasteiger partial charge in [0.2, 0.25) is 0 Å². The molecule has 0 amide bonds. The lowest BCUT2D eigenvalue weighted by atomic mass is 10.1. The third kappa shape index (κ3) is 43.9. The van der Waals surface area contributed by atoms with E-state index in [-0.39, 0.29) is 32.3 Å². The van der Waals surface area contributed by atoms with Gasteiger partial charge in [-0.15, -0.1) is 0 Å². The van der Waals surface area contributed by atoms with E-state index in [9.17, 15) is 14.3 Å². The van der Waals surface area contributed by atoms with Gasteiger partial charge in [0.15, 0.2) is 0 Å². The van der Waals surface area contributed by atoms with Crippen molar-refractivity contribution in [2.45, 2.75) is 232 Å². The first-order valence-corrected chi connectivity index (χ1v) is 24.8. The van der Waals surface area contributed by atoms with Crippen LogP contribution in [0, 0.1) is 0 Å². The predicted molar refractivity (Wildman–Crippen MR) is 233 cm³/mol. The lowest BCUT2D eigenvalue weighted by molar-refractivity contribution is -0.154. The van der Waals surface area contributed by atoms with Crippen molar-refractivity contribution in [2.24, 2.45) is 5.73 Å². The minimum Gasteiger partial charge on any atom is -0.457 e. The summed E-state index contributed by atoms with van der Waals surface area (Å²) in [5, 5.41) is 0. The molecule has 0 aromatic rings. The maximum atomic E-state index is 12.6. The number of carbonyl (C=O) groups excluding carboxylic acids is 1. The standard InChI is InChI=1S/C46H90NO7P/c1-3-5-7-9-11-13-15-17-19-21-23-25-27-29-31-33-35-37-39-46(48)54-45(44-53-55(49,50)52-42-40-47)43-51-41-38-36-34-32-30-28-26-24-22-20-18-16-14-12-10-8-6-4-2/h18-21,45H,3-17,22-44,47H2,1-2H3,(H,49,50)/b20-18-,21-19-. The second kappa shape index (κ2) is 44.1. The van der Waals surface area contributed by atoms with E-state index >= 15 is 0 Å². The van der Waals surface area contributed by atoms with Gasteiger partial charge in [0, 0.05) is 19.6 Å². The molecule has 0 saturated heterocycles. The number of carbonyl (C=O) groups is 1. The summed E-state index contributed by atoms with van der Waals surface area (Å²) in [5.74, 6) is -0.333. The van der Waals surface area contributed by atoms with E-state index in [4.69, 9.17) is 24.3 Å². The van der Waals surface area contributed by atoms with Crippen molar-refractivity contribution in [3.05, 3.63) is 24.3 Å². The topological polar surface area (TPSA) is 117 Å². The molecule has 55 heavy (non-hydrogen) atoms. The Hall–Kier alpha value is -1.02. The van der Waals surface area contributed by atoms with Crippen molar-refractivity contribution in [1.82, 2.24) is 0 Å². The number of esters is 1. The average molecular weight is 800 g/mol. The van der Waals surface area contributed by atoms with Crippen LogP contribution in [0.25, 0.3) is 0 Å². The number of phosphoric acid groups is 1. The first kappa shape index (κ1) is 54.0. The molecule has 0 spiro atoms. The van der Waals surface area contributed by atoms with Crippen molar-refractivity contribution < 1.29 is 32.8 Å². The van der Waals surface area contributed by atoms with Crippen molar-refractivity contribution >= 4 is 13.8 Å². The quantitative estimate of drug-likeness (QED) is 0.0271. The maximum Gasteiger partial charge on any atom is 0.472 e. The third-order valence-electron chi connectivity index (χ3n) is 10.1. The Morgan fingerprint density at radius 2 is 0.909 bits per heavy atom. The minimum atomic E-state index is -4.28. The van der Waals surface area contributed by atoms with Crippen LogP contribution in [-0.4, -0.2) is 49.9 Å². The molecular weight excluding hydrogens is 709 g/mol. The van der Waals surface area contributed by atoms with E-state index < -0.39 is 13.9 Å². The molecule has 3 N–H and O–H groups in total. The Morgan fingerprint density at radius 3 is 1.33 bits per heavy atom. The van der Waals surface area contributed by atoms with Gasteiger partial charge >= 0.3 is 13.8 Å². The third-order valence-corrected chi connectivity index (χ3v) is 11.1. The van der Waals surface area contributed by atoms with Gasteiger partial charge < -0.3 is 20.1 Å². The van der Waals surface area contributed by atoms with Crippen LogP contribution in [0.3, 0.4) is 0 Å². The van der Waals surface area contributed by atoms with Crippen LogP contribution in [0.1, 0.15) is 226 Å². The molecule has 0 aliphatic heterocycles. The Morgan fingerprint density at radius 1 is 0.527 bits per heavy atom. The van der Waals surface area contributed by atoms with Crippen molar-refractivity contribution in [1.29, 1.82) is 0 Å². The summed E-state index contributed by atoms with van der Waals surface area (Å²) in [6, 6.07) is 0. The average Bonchev–Trinajstić information content (AvgIpc) is 3.17. The molecule has 0 aliphatic rings. The number of hydrogen-bond donors (Lipinski definition) is 2. The van der Waals surface area contributed by atoms with Crippen LogP contribution in [0.15, 0.2) is 24.3 Å². The molecule has 0 heterocycles. The fourth-order valence-electron chi connectivity index (χ4n) is 6.63. The fraction of sp³-hybridized carbons (Fsp3) is 0.891. The molecule has 0 aliphatic carbocycles. The Labute approximate surface area is 340 Å². The van der Waals surface area contributed by atoms with Gasteiger partial charge in [-0.2, -0.15) is 0 Å². The van der Waals surface area contributed by atoms with Crippen molar-refractivity contribution in [3.8, 4) is 0 Å². The second-order valence-electron chi connectivity index (χ2n) is 15.6. The van der Waals surface area contributed by atoms with E-state index in [2.05, 4.69) is 38.2 Å².